The lowest BCUT2D eigenvalue weighted by Gasteiger charge is -2.09. The van der Waals surface area contributed by atoms with Gasteiger partial charge in [0.1, 0.15) is 0 Å². The molecule has 0 aromatic carbocycles. The first kappa shape index (κ1) is 13.9. The maximum Gasteiger partial charge on any atom is 0.0700 e. The van der Waals surface area contributed by atoms with Crippen molar-refractivity contribution < 1.29 is 9.47 Å². The second-order valence-corrected chi connectivity index (χ2v) is 5.05. The fourth-order valence-corrected chi connectivity index (χ4v) is 1.85. The first-order valence-electron chi connectivity index (χ1n) is 6.65. The summed E-state index contributed by atoms with van der Waals surface area (Å²) in [7, 11) is 0. The van der Waals surface area contributed by atoms with E-state index in [4.69, 9.17) is 9.47 Å². The van der Waals surface area contributed by atoms with Crippen molar-refractivity contribution in [3.8, 4) is 0 Å². The van der Waals surface area contributed by atoms with Crippen molar-refractivity contribution in [1.29, 1.82) is 0 Å². The van der Waals surface area contributed by atoms with Crippen molar-refractivity contribution in [3.63, 3.8) is 0 Å². The third kappa shape index (κ3) is 7.20. The van der Waals surface area contributed by atoms with E-state index in [9.17, 15) is 0 Å². The summed E-state index contributed by atoms with van der Waals surface area (Å²) in [6.07, 6.45) is 3.65. The quantitative estimate of drug-likeness (QED) is 0.614. The molecular weight excluding hydrogens is 202 g/mol. The minimum atomic E-state index is 0.732. The topological polar surface area (TPSA) is 30.5 Å². The van der Waals surface area contributed by atoms with Crippen LogP contribution in [0.1, 0.15) is 33.1 Å². The van der Waals surface area contributed by atoms with E-state index in [-0.39, 0.29) is 0 Å². The largest absolute Gasteiger partial charge is 0.379 e. The van der Waals surface area contributed by atoms with Gasteiger partial charge in [0.05, 0.1) is 13.2 Å². The van der Waals surface area contributed by atoms with Crippen LogP contribution in [0.3, 0.4) is 0 Å². The Bertz CT molecular complexity index is 156. The van der Waals surface area contributed by atoms with Crippen molar-refractivity contribution in [2.45, 2.75) is 33.1 Å². The molecule has 0 saturated carbocycles. The zero-order valence-electron chi connectivity index (χ0n) is 10.8. The summed E-state index contributed by atoms with van der Waals surface area (Å²) < 4.78 is 11.0. The van der Waals surface area contributed by atoms with E-state index in [1.165, 1.54) is 25.9 Å². The van der Waals surface area contributed by atoms with Gasteiger partial charge in [-0.2, -0.15) is 0 Å². The lowest BCUT2D eigenvalue weighted by Crippen LogP contribution is -2.12. The van der Waals surface area contributed by atoms with Gasteiger partial charge in [0.25, 0.3) is 0 Å². The molecule has 1 aliphatic rings. The average molecular weight is 229 g/mol. The predicted molar refractivity (Wildman–Crippen MR) is 66.7 cm³/mol. The maximum absolute atomic E-state index is 5.55. The Morgan fingerprint density at radius 2 is 1.88 bits per heavy atom. The molecule has 0 amide bonds. The smallest absolute Gasteiger partial charge is 0.0700 e. The Hall–Kier alpha value is -0.120. The first-order chi connectivity index (χ1) is 7.79. The summed E-state index contributed by atoms with van der Waals surface area (Å²) in [5.41, 5.74) is 0. The van der Waals surface area contributed by atoms with Gasteiger partial charge in [0, 0.05) is 13.2 Å². The number of ether oxygens (including phenoxy) is 2. The molecule has 0 spiro atoms. The predicted octanol–water partition coefficient (Wildman–Crippen LogP) is 2.07. The highest BCUT2D eigenvalue weighted by atomic mass is 16.5. The molecule has 1 rings (SSSR count). The average Bonchev–Trinajstić information content (AvgIpc) is 2.74. The van der Waals surface area contributed by atoms with Gasteiger partial charge in [0.15, 0.2) is 0 Å². The van der Waals surface area contributed by atoms with E-state index >= 15 is 0 Å². The highest BCUT2D eigenvalue weighted by molar-refractivity contribution is 4.70. The van der Waals surface area contributed by atoms with Crippen LogP contribution in [0.4, 0.5) is 0 Å². The van der Waals surface area contributed by atoms with E-state index < -0.39 is 0 Å². The summed E-state index contributed by atoms with van der Waals surface area (Å²) in [5.74, 6) is 1.57. The Morgan fingerprint density at radius 3 is 2.50 bits per heavy atom. The first-order valence-corrected chi connectivity index (χ1v) is 6.65. The van der Waals surface area contributed by atoms with Gasteiger partial charge in [-0.15, -0.1) is 0 Å². The molecule has 96 valence electrons. The Kier molecular flexibility index (Phi) is 7.81. The molecule has 1 N–H and O–H groups in total. The molecule has 1 atom stereocenters. The van der Waals surface area contributed by atoms with Gasteiger partial charge < -0.3 is 14.8 Å². The highest BCUT2D eigenvalue weighted by Gasteiger charge is 2.13. The summed E-state index contributed by atoms with van der Waals surface area (Å²) in [4.78, 5) is 0. The molecule has 0 aromatic rings. The molecule has 3 nitrogen and oxygen atoms in total. The minimum Gasteiger partial charge on any atom is -0.379 e. The monoisotopic (exact) mass is 229 g/mol. The van der Waals surface area contributed by atoms with Crippen molar-refractivity contribution in [2.24, 2.45) is 11.8 Å². The van der Waals surface area contributed by atoms with Crippen molar-refractivity contribution in [2.75, 3.05) is 39.5 Å². The van der Waals surface area contributed by atoms with Crippen molar-refractivity contribution in [3.05, 3.63) is 0 Å². The fourth-order valence-electron chi connectivity index (χ4n) is 1.85. The molecule has 0 aliphatic carbocycles. The summed E-state index contributed by atoms with van der Waals surface area (Å²) in [6, 6.07) is 0. The SMILES string of the molecule is CC(C)CCOCCOCCC1CCNC1. The zero-order valence-corrected chi connectivity index (χ0v) is 10.8. The summed E-state index contributed by atoms with van der Waals surface area (Å²) in [6.45, 7) is 10.0. The Morgan fingerprint density at radius 1 is 1.12 bits per heavy atom. The van der Waals surface area contributed by atoms with Crippen LogP contribution in [0.2, 0.25) is 0 Å². The van der Waals surface area contributed by atoms with E-state index in [1.807, 2.05) is 0 Å². The molecule has 1 unspecified atom stereocenters. The number of rotatable bonds is 9. The Labute approximate surface area is 99.9 Å². The highest BCUT2D eigenvalue weighted by Crippen LogP contribution is 2.11. The summed E-state index contributed by atoms with van der Waals surface area (Å²) >= 11 is 0. The fraction of sp³-hybridized carbons (Fsp3) is 1.00. The molecule has 1 heterocycles. The Balaban J connectivity index is 1.74. The van der Waals surface area contributed by atoms with Gasteiger partial charge in [-0.3, -0.25) is 0 Å². The molecule has 1 aliphatic heterocycles. The number of hydrogen-bond acceptors (Lipinski definition) is 3. The van der Waals surface area contributed by atoms with Gasteiger partial charge in [0.2, 0.25) is 0 Å². The second-order valence-electron chi connectivity index (χ2n) is 5.05. The van der Waals surface area contributed by atoms with Crippen LogP contribution in [0.25, 0.3) is 0 Å². The number of hydrogen-bond donors (Lipinski definition) is 1. The molecule has 1 saturated heterocycles. The van der Waals surface area contributed by atoms with Gasteiger partial charge in [-0.25, -0.2) is 0 Å². The number of nitrogens with one attached hydrogen (secondary N) is 1. The van der Waals surface area contributed by atoms with Crippen LogP contribution in [-0.4, -0.2) is 39.5 Å². The maximum atomic E-state index is 5.55. The third-order valence-electron chi connectivity index (χ3n) is 3.04. The van der Waals surface area contributed by atoms with Gasteiger partial charge in [-0.05, 0) is 44.2 Å². The zero-order chi connectivity index (χ0) is 11.6. The van der Waals surface area contributed by atoms with Crippen LogP contribution in [0.15, 0.2) is 0 Å². The van der Waals surface area contributed by atoms with Crippen LogP contribution in [0.5, 0.6) is 0 Å². The van der Waals surface area contributed by atoms with Crippen molar-refractivity contribution >= 4 is 0 Å². The van der Waals surface area contributed by atoms with E-state index in [0.717, 1.165) is 44.7 Å². The molecular formula is C13H27NO2. The standard InChI is InChI=1S/C13H27NO2/c1-12(2)4-7-15-9-10-16-8-5-13-3-6-14-11-13/h12-14H,3-11H2,1-2H3. The molecule has 0 radical (unpaired) electrons. The van der Waals surface area contributed by atoms with E-state index in [1.54, 1.807) is 0 Å². The van der Waals surface area contributed by atoms with Crippen LogP contribution in [-0.2, 0) is 9.47 Å². The van der Waals surface area contributed by atoms with Crippen LogP contribution < -0.4 is 5.32 Å². The van der Waals surface area contributed by atoms with E-state index in [0.29, 0.717) is 0 Å². The minimum absolute atomic E-state index is 0.732. The van der Waals surface area contributed by atoms with Crippen molar-refractivity contribution in [1.82, 2.24) is 5.32 Å². The third-order valence-corrected chi connectivity index (χ3v) is 3.04. The molecule has 0 aromatic heterocycles. The molecule has 0 bridgehead atoms. The van der Waals surface area contributed by atoms with E-state index in [2.05, 4.69) is 19.2 Å². The van der Waals surface area contributed by atoms with Crippen LogP contribution >= 0.6 is 0 Å². The molecule has 16 heavy (non-hydrogen) atoms. The molecule has 1 fully saturated rings. The summed E-state index contributed by atoms with van der Waals surface area (Å²) in [5, 5.41) is 3.37. The van der Waals surface area contributed by atoms with Gasteiger partial charge >= 0.3 is 0 Å². The normalized spacial score (nSPS) is 20.8. The lowest BCUT2D eigenvalue weighted by atomic mass is 10.1. The van der Waals surface area contributed by atoms with Gasteiger partial charge in [-0.1, -0.05) is 13.8 Å². The van der Waals surface area contributed by atoms with Crippen LogP contribution in [0, 0.1) is 11.8 Å². The lowest BCUT2D eigenvalue weighted by molar-refractivity contribution is 0.0400. The second kappa shape index (κ2) is 8.97. The molecule has 3 heteroatoms.